The fourth-order valence-corrected chi connectivity index (χ4v) is 2.11. The quantitative estimate of drug-likeness (QED) is 0.823. The molecule has 0 radical (unpaired) electrons. The topological polar surface area (TPSA) is 64.4 Å². The number of nitrogens with one attached hydrogen (secondary N) is 1. The van der Waals surface area contributed by atoms with E-state index in [0.717, 1.165) is 25.9 Å². The number of anilines is 1. The van der Waals surface area contributed by atoms with Crippen LogP contribution in [0.4, 0.5) is 10.1 Å². The molecule has 0 aliphatic carbocycles. The minimum Gasteiger partial charge on any atom is -0.398 e. The van der Waals surface area contributed by atoms with E-state index in [2.05, 4.69) is 5.32 Å². The molecule has 104 valence electrons. The molecule has 2 rings (SSSR count). The number of nitrogen functional groups attached to an aromatic ring is 1. The second-order valence-electron chi connectivity index (χ2n) is 4.87. The van der Waals surface area contributed by atoms with E-state index < -0.39 is 5.82 Å². The summed E-state index contributed by atoms with van der Waals surface area (Å²) < 4.78 is 19.0. The van der Waals surface area contributed by atoms with Crippen molar-refractivity contribution in [3.05, 3.63) is 29.1 Å². The third kappa shape index (κ3) is 3.44. The van der Waals surface area contributed by atoms with E-state index in [1.54, 1.807) is 6.92 Å². The van der Waals surface area contributed by atoms with E-state index >= 15 is 0 Å². The molecule has 0 spiro atoms. The minimum absolute atomic E-state index is 0.0605. The first kappa shape index (κ1) is 13.8. The third-order valence-corrected chi connectivity index (χ3v) is 3.41. The molecule has 1 fully saturated rings. The maximum atomic E-state index is 13.5. The molecule has 3 N–H and O–H groups in total. The summed E-state index contributed by atoms with van der Waals surface area (Å²) in [5, 5.41) is 2.76. The average molecular weight is 266 g/mol. The van der Waals surface area contributed by atoms with Crippen molar-refractivity contribution in [1.29, 1.82) is 0 Å². The Labute approximate surface area is 112 Å². The molecular formula is C14H19FN2O2. The van der Waals surface area contributed by atoms with Crippen molar-refractivity contribution < 1.29 is 13.9 Å². The molecule has 0 aromatic heterocycles. The molecule has 1 unspecified atom stereocenters. The molecule has 1 aromatic rings. The van der Waals surface area contributed by atoms with Crippen LogP contribution in [0.5, 0.6) is 0 Å². The van der Waals surface area contributed by atoms with Crippen LogP contribution in [0.1, 0.15) is 35.2 Å². The highest BCUT2D eigenvalue weighted by Gasteiger charge is 2.16. The molecule has 1 aliphatic rings. The molecule has 0 saturated carbocycles. The normalized spacial score (nSPS) is 19.2. The van der Waals surface area contributed by atoms with Crippen LogP contribution < -0.4 is 11.1 Å². The first-order chi connectivity index (χ1) is 9.08. The van der Waals surface area contributed by atoms with Gasteiger partial charge >= 0.3 is 0 Å². The number of rotatable bonds is 3. The summed E-state index contributed by atoms with van der Waals surface area (Å²) in [5.74, 6) is -0.779. The van der Waals surface area contributed by atoms with Gasteiger partial charge in [-0.15, -0.1) is 0 Å². The van der Waals surface area contributed by atoms with E-state index in [9.17, 15) is 9.18 Å². The van der Waals surface area contributed by atoms with Crippen LogP contribution in [0.25, 0.3) is 0 Å². The van der Waals surface area contributed by atoms with Crippen LogP contribution in [-0.4, -0.2) is 25.2 Å². The number of ether oxygens (including phenoxy) is 1. The molecule has 1 saturated heterocycles. The summed E-state index contributed by atoms with van der Waals surface area (Å²) in [4.78, 5) is 11.9. The van der Waals surface area contributed by atoms with Gasteiger partial charge in [0.05, 0.1) is 6.10 Å². The van der Waals surface area contributed by atoms with Gasteiger partial charge in [-0.25, -0.2) is 4.39 Å². The third-order valence-electron chi connectivity index (χ3n) is 3.41. The molecule has 1 heterocycles. The lowest BCUT2D eigenvalue weighted by Crippen LogP contribution is -2.35. The zero-order chi connectivity index (χ0) is 13.8. The van der Waals surface area contributed by atoms with Crippen LogP contribution in [0.2, 0.25) is 0 Å². The van der Waals surface area contributed by atoms with Gasteiger partial charge in [-0.2, -0.15) is 0 Å². The first-order valence-corrected chi connectivity index (χ1v) is 6.53. The predicted molar refractivity (Wildman–Crippen MR) is 71.5 cm³/mol. The van der Waals surface area contributed by atoms with Gasteiger partial charge in [-0.1, -0.05) is 0 Å². The Balaban J connectivity index is 1.96. The van der Waals surface area contributed by atoms with Crippen LogP contribution in [0.15, 0.2) is 12.1 Å². The Bertz CT molecular complexity index is 448. The Morgan fingerprint density at radius 3 is 2.95 bits per heavy atom. The second-order valence-corrected chi connectivity index (χ2v) is 4.87. The molecule has 1 aromatic carbocycles. The average Bonchev–Trinajstić information content (AvgIpc) is 2.42. The number of carbonyl (C=O) groups is 1. The fourth-order valence-electron chi connectivity index (χ4n) is 2.11. The fraction of sp³-hybridized carbons (Fsp3) is 0.500. The van der Waals surface area contributed by atoms with E-state index in [0.29, 0.717) is 17.8 Å². The lowest BCUT2D eigenvalue weighted by molar-refractivity contribution is 0.0169. The van der Waals surface area contributed by atoms with E-state index in [1.165, 1.54) is 12.1 Å². The number of halogens is 1. The summed E-state index contributed by atoms with van der Waals surface area (Å²) in [6.45, 7) is 2.78. The summed E-state index contributed by atoms with van der Waals surface area (Å²) in [5.41, 5.74) is 6.56. The molecule has 19 heavy (non-hydrogen) atoms. The highest BCUT2D eigenvalue weighted by atomic mass is 19.1. The Kier molecular flexibility index (Phi) is 4.37. The van der Waals surface area contributed by atoms with Gasteiger partial charge in [0.15, 0.2) is 0 Å². The van der Waals surface area contributed by atoms with Crippen LogP contribution in [0, 0.1) is 12.7 Å². The number of carbonyl (C=O) groups excluding carboxylic acids is 1. The minimum atomic E-state index is -0.459. The zero-order valence-electron chi connectivity index (χ0n) is 11.0. The number of benzene rings is 1. The van der Waals surface area contributed by atoms with E-state index in [1.807, 2.05) is 0 Å². The van der Waals surface area contributed by atoms with Crippen LogP contribution in [0.3, 0.4) is 0 Å². The van der Waals surface area contributed by atoms with Gasteiger partial charge in [-0.05, 0) is 38.3 Å². The smallest absolute Gasteiger partial charge is 0.251 e. The largest absolute Gasteiger partial charge is 0.398 e. The van der Waals surface area contributed by atoms with Gasteiger partial charge in [-0.3, -0.25) is 4.79 Å². The van der Waals surface area contributed by atoms with Gasteiger partial charge < -0.3 is 15.8 Å². The monoisotopic (exact) mass is 266 g/mol. The highest BCUT2D eigenvalue weighted by molar-refractivity contribution is 5.95. The van der Waals surface area contributed by atoms with Crippen LogP contribution >= 0.6 is 0 Å². The molecule has 4 nitrogen and oxygen atoms in total. The number of hydrogen-bond donors (Lipinski definition) is 2. The Morgan fingerprint density at radius 2 is 2.32 bits per heavy atom. The Morgan fingerprint density at radius 1 is 1.53 bits per heavy atom. The highest BCUT2D eigenvalue weighted by Crippen LogP contribution is 2.17. The van der Waals surface area contributed by atoms with Crippen molar-refractivity contribution in [2.45, 2.75) is 32.3 Å². The molecule has 1 atom stereocenters. The lowest BCUT2D eigenvalue weighted by Gasteiger charge is -2.22. The molecule has 1 aliphatic heterocycles. The van der Waals surface area contributed by atoms with Crippen molar-refractivity contribution in [2.24, 2.45) is 0 Å². The second kappa shape index (κ2) is 6.02. The van der Waals surface area contributed by atoms with E-state index in [-0.39, 0.29) is 17.6 Å². The Hall–Kier alpha value is -1.62. The van der Waals surface area contributed by atoms with Gasteiger partial charge in [0.25, 0.3) is 5.91 Å². The maximum Gasteiger partial charge on any atom is 0.251 e. The summed E-state index contributed by atoms with van der Waals surface area (Å²) in [6, 6.07) is 2.71. The van der Waals surface area contributed by atoms with Crippen LogP contribution in [-0.2, 0) is 4.74 Å². The molecule has 5 heteroatoms. The molecule has 0 bridgehead atoms. The van der Waals surface area contributed by atoms with Crippen molar-refractivity contribution in [3.8, 4) is 0 Å². The number of hydrogen-bond acceptors (Lipinski definition) is 3. The number of nitrogens with two attached hydrogens (primary N) is 1. The standard InChI is InChI=1S/C14H19FN2O2/c1-9-12(15)6-10(7-13(9)16)14(18)17-8-11-4-2-3-5-19-11/h6-7,11H,2-5,8,16H2,1H3,(H,17,18). The lowest BCUT2D eigenvalue weighted by atomic mass is 10.1. The van der Waals surface area contributed by atoms with Crippen molar-refractivity contribution >= 4 is 11.6 Å². The van der Waals surface area contributed by atoms with Crippen molar-refractivity contribution in [2.75, 3.05) is 18.9 Å². The maximum absolute atomic E-state index is 13.5. The van der Waals surface area contributed by atoms with E-state index in [4.69, 9.17) is 10.5 Å². The summed E-state index contributed by atoms with van der Waals surface area (Å²) in [6.07, 6.45) is 3.20. The zero-order valence-corrected chi connectivity index (χ0v) is 11.0. The SMILES string of the molecule is Cc1c(N)cc(C(=O)NCC2CCCCO2)cc1F. The van der Waals surface area contributed by atoms with Gasteiger partial charge in [0, 0.05) is 30.0 Å². The number of amides is 1. The summed E-state index contributed by atoms with van der Waals surface area (Å²) in [7, 11) is 0. The predicted octanol–water partition coefficient (Wildman–Crippen LogP) is 2.02. The van der Waals surface area contributed by atoms with Gasteiger partial charge in [0.2, 0.25) is 0 Å². The molecule has 1 amide bonds. The van der Waals surface area contributed by atoms with Crippen molar-refractivity contribution in [3.63, 3.8) is 0 Å². The van der Waals surface area contributed by atoms with Gasteiger partial charge in [0.1, 0.15) is 5.82 Å². The first-order valence-electron chi connectivity index (χ1n) is 6.53. The summed E-state index contributed by atoms with van der Waals surface area (Å²) >= 11 is 0. The molecular weight excluding hydrogens is 247 g/mol. The van der Waals surface area contributed by atoms with Crippen molar-refractivity contribution in [1.82, 2.24) is 5.32 Å².